The standard InChI is InChI=1S/C17H21ClN2O4S/c1-11-10-25(23,24)20(17(11)22)13-7-8-14(15(18)9-13)16(21)19-12-5-3-2-4-6-12/h7-9,11-12H,2-6,10H2,1H3,(H,19,21)/t11-/m0/s1. The van der Waals surface area contributed by atoms with Crippen LogP contribution in [0.1, 0.15) is 49.4 Å². The van der Waals surface area contributed by atoms with Gasteiger partial charge in [0.2, 0.25) is 15.9 Å². The second kappa shape index (κ2) is 6.96. The van der Waals surface area contributed by atoms with Gasteiger partial charge < -0.3 is 5.32 Å². The van der Waals surface area contributed by atoms with Gasteiger partial charge in [-0.05, 0) is 31.0 Å². The fourth-order valence-electron chi connectivity index (χ4n) is 3.41. The summed E-state index contributed by atoms with van der Waals surface area (Å²) >= 11 is 6.20. The number of benzene rings is 1. The first-order valence-electron chi connectivity index (χ1n) is 8.47. The first-order valence-corrected chi connectivity index (χ1v) is 10.5. The largest absolute Gasteiger partial charge is 0.349 e. The van der Waals surface area contributed by atoms with E-state index >= 15 is 0 Å². The Hall–Kier alpha value is -1.60. The van der Waals surface area contributed by atoms with Crippen LogP contribution in [0.25, 0.3) is 0 Å². The first-order chi connectivity index (χ1) is 11.8. The minimum Gasteiger partial charge on any atom is -0.349 e. The minimum absolute atomic E-state index is 0.133. The summed E-state index contributed by atoms with van der Waals surface area (Å²) in [5.41, 5.74) is 0.460. The van der Waals surface area contributed by atoms with E-state index in [2.05, 4.69) is 5.32 Å². The van der Waals surface area contributed by atoms with Gasteiger partial charge >= 0.3 is 0 Å². The van der Waals surface area contributed by atoms with Gasteiger partial charge in [-0.25, -0.2) is 12.7 Å². The van der Waals surface area contributed by atoms with Crippen LogP contribution in [0.2, 0.25) is 5.02 Å². The highest BCUT2D eigenvalue weighted by atomic mass is 35.5. The molecule has 0 unspecified atom stereocenters. The number of halogens is 1. The van der Waals surface area contributed by atoms with E-state index in [1.807, 2.05) is 0 Å². The zero-order valence-corrected chi connectivity index (χ0v) is 15.6. The Morgan fingerprint density at radius 1 is 1.24 bits per heavy atom. The SMILES string of the molecule is C[C@H]1CS(=O)(=O)N(c2ccc(C(=O)NC3CCCCC3)c(Cl)c2)C1=O. The van der Waals surface area contributed by atoms with Gasteiger partial charge in [-0.15, -0.1) is 0 Å². The fourth-order valence-corrected chi connectivity index (χ4v) is 5.48. The third-order valence-corrected chi connectivity index (χ3v) is 6.91. The van der Waals surface area contributed by atoms with Crippen LogP contribution < -0.4 is 9.62 Å². The highest BCUT2D eigenvalue weighted by Crippen LogP contribution is 2.31. The molecule has 1 N–H and O–H groups in total. The molecule has 1 aliphatic carbocycles. The molecular weight excluding hydrogens is 364 g/mol. The van der Waals surface area contributed by atoms with E-state index in [-0.39, 0.29) is 34.0 Å². The summed E-state index contributed by atoms with van der Waals surface area (Å²) < 4.78 is 25.1. The Bertz CT molecular complexity index is 803. The number of nitrogens with zero attached hydrogens (tertiary/aromatic N) is 1. The summed E-state index contributed by atoms with van der Waals surface area (Å²) in [6.45, 7) is 1.58. The lowest BCUT2D eigenvalue weighted by molar-refractivity contribution is -0.119. The van der Waals surface area contributed by atoms with E-state index in [4.69, 9.17) is 11.6 Å². The molecule has 25 heavy (non-hydrogen) atoms. The predicted octanol–water partition coefficient (Wildman–Crippen LogP) is 2.72. The zero-order valence-electron chi connectivity index (χ0n) is 14.0. The summed E-state index contributed by atoms with van der Waals surface area (Å²) in [5, 5.41) is 3.11. The molecule has 2 fully saturated rings. The maximum absolute atomic E-state index is 12.4. The molecule has 0 aromatic heterocycles. The molecule has 1 saturated carbocycles. The van der Waals surface area contributed by atoms with Crippen molar-refractivity contribution in [1.82, 2.24) is 5.32 Å². The van der Waals surface area contributed by atoms with Crippen LogP contribution in [0.15, 0.2) is 18.2 Å². The van der Waals surface area contributed by atoms with Crippen molar-refractivity contribution < 1.29 is 18.0 Å². The number of hydrogen-bond acceptors (Lipinski definition) is 4. The first kappa shape index (κ1) is 18.2. The summed E-state index contributed by atoms with van der Waals surface area (Å²) in [5.74, 6) is -1.55. The van der Waals surface area contributed by atoms with Gasteiger partial charge in [0.25, 0.3) is 5.91 Å². The fraction of sp³-hybridized carbons (Fsp3) is 0.529. The van der Waals surface area contributed by atoms with Gasteiger partial charge in [-0.2, -0.15) is 0 Å². The summed E-state index contributed by atoms with van der Waals surface area (Å²) in [6, 6.07) is 4.44. The molecule has 1 aromatic rings. The topological polar surface area (TPSA) is 83.6 Å². The highest BCUT2D eigenvalue weighted by Gasteiger charge is 2.42. The third kappa shape index (κ3) is 3.67. The molecule has 3 rings (SSSR count). The van der Waals surface area contributed by atoms with Crippen LogP contribution >= 0.6 is 11.6 Å². The minimum atomic E-state index is -3.69. The quantitative estimate of drug-likeness (QED) is 0.868. The Balaban J connectivity index is 1.81. The van der Waals surface area contributed by atoms with Gasteiger partial charge in [0.05, 0.1) is 27.9 Å². The number of hydrogen-bond donors (Lipinski definition) is 1. The number of anilines is 1. The molecule has 0 radical (unpaired) electrons. The second-order valence-corrected chi connectivity index (χ2v) is 9.02. The van der Waals surface area contributed by atoms with Crippen molar-refractivity contribution in [2.75, 3.05) is 10.1 Å². The number of rotatable bonds is 3. The van der Waals surface area contributed by atoms with Crippen LogP contribution in [-0.2, 0) is 14.8 Å². The summed E-state index contributed by atoms with van der Waals surface area (Å²) in [6.07, 6.45) is 5.31. The molecule has 2 amide bonds. The Morgan fingerprint density at radius 3 is 2.48 bits per heavy atom. The van der Waals surface area contributed by atoms with Gasteiger partial charge in [-0.3, -0.25) is 9.59 Å². The number of carbonyl (C=O) groups excluding carboxylic acids is 2. The second-order valence-electron chi connectivity index (χ2n) is 6.75. The van der Waals surface area contributed by atoms with Crippen LogP contribution in [-0.4, -0.2) is 32.0 Å². The predicted molar refractivity (Wildman–Crippen MR) is 96.2 cm³/mol. The third-order valence-electron chi connectivity index (χ3n) is 4.73. The molecule has 2 aliphatic rings. The number of amides is 2. The lowest BCUT2D eigenvalue weighted by Gasteiger charge is -2.23. The molecule has 1 saturated heterocycles. The van der Waals surface area contributed by atoms with Crippen molar-refractivity contribution in [2.45, 2.75) is 45.1 Å². The highest BCUT2D eigenvalue weighted by molar-refractivity contribution is 7.94. The smallest absolute Gasteiger partial charge is 0.253 e. The lowest BCUT2D eigenvalue weighted by atomic mass is 9.95. The molecule has 0 spiro atoms. The monoisotopic (exact) mass is 384 g/mol. The number of nitrogens with one attached hydrogen (secondary N) is 1. The Kier molecular flexibility index (Phi) is 5.06. The molecule has 1 aromatic carbocycles. The van der Waals surface area contributed by atoms with E-state index in [1.165, 1.54) is 24.6 Å². The maximum Gasteiger partial charge on any atom is 0.253 e. The summed E-state index contributed by atoms with van der Waals surface area (Å²) in [7, 11) is -3.69. The normalized spacial score (nSPS) is 23.7. The molecule has 1 aliphatic heterocycles. The van der Waals surface area contributed by atoms with Crippen molar-refractivity contribution >= 4 is 39.1 Å². The average molecular weight is 385 g/mol. The van der Waals surface area contributed by atoms with Crippen molar-refractivity contribution in [1.29, 1.82) is 0 Å². The molecule has 6 nitrogen and oxygen atoms in total. The molecule has 1 atom stereocenters. The number of sulfonamides is 1. The Morgan fingerprint density at radius 2 is 1.92 bits per heavy atom. The lowest BCUT2D eigenvalue weighted by Crippen LogP contribution is -2.36. The van der Waals surface area contributed by atoms with Crippen molar-refractivity contribution in [3.63, 3.8) is 0 Å². The van der Waals surface area contributed by atoms with E-state index in [0.717, 1.165) is 30.0 Å². The van der Waals surface area contributed by atoms with Crippen LogP contribution in [0.4, 0.5) is 5.69 Å². The zero-order chi connectivity index (χ0) is 18.2. The van der Waals surface area contributed by atoms with E-state index in [0.29, 0.717) is 0 Å². The number of carbonyl (C=O) groups is 2. The van der Waals surface area contributed by atoms with Gasteiger partial charge in [0.15, 0.2) is 0 Å². The molecule has 8 heteroatoms. The van der Waals surface area contributed by atoms with Crippen LogP contribution in [0, 0.1) is 5.92 Å². The van der Waals surface area contributed by atoms with Crippen LogP contribution in [0.3, 0.4) is 0 Å². The molecular formula is C17H21ClN2O4S. The summed E-state index contributed by atoms with van der Waals surface area (Å²) in [4.78, 5) is 24.6. The van der Waals surface area contributed by atoms with Gasteiger partial charge in [0.1, 0.15) is 0 Å². The van der Waals surface area contributed by atoms with Crippen molar-refractivity contribution in [3.05, 3.63) is 28.8 Å². The van der Waals surface area contributed by atoms with Gasteiger partial charge in [0, 0.05) is 6.04 Å². The molecule has 0 bridgehead atoms. The molecule has 136 valence electrons. The van der Waals surface area contributed by atoms with E-state index in [9.17, 15) is 18.0 Å². The van der Waals surface area contributed by atoms with E-state index < -0.39 is 21.8 Å². The maximum atomic E-state index is 12.4. The van der Waals surface area contributed by atoms with Crippen molar-refractivity contribution in [3.8, 4) is 0 Å². The van der Waals surface area contributed by atoms with Crippen LogP contribution in [0.5, 0.6) is 0 Å². The molecule has 1 heterocycles. The van der Waals surface area contributed by atoms with E-state index in [1.54, 1.807) is 6.92 Å². The van der Waals surface area contributed by atoms with Crippen molar-refractivity contribution in [2.24, 2.45) is 5.92 Å². The van der Waals surface area contributed by atoms with Gasteiger partial charge in [-0.1, -0.05) is 37.8 Å². The average Bonchev–Trinajstić information content (AvgIpc) is 2.75. The Labute approximate surface area is 152 Å².